The van der Waals surface area contributed by atoms with E-state index in [0.29, 0.717) is 24.6 Å². The fraction of sp³-hybridized carbons (Fsp3) is 0.455. The van der Waals surface area contributed by atoms with Crippen LogP contribution in [0.4, 0.5) is 4.39 Å². The monoisotopic (exact) mass is 386 g/mol. The minimum Gasteiger partial charge on any atom is -0.357 e. The van der Waals surface area contributed by atoms with E-state index < -0.39 is 0 Å². The normalized spacial score (nSPS) is 12.7. The molecule has 0 saturated heterocycles. The van der Waals surface area contributed by atoms with Gasteiger partial charge in [-0.1, -0.05) is 18.2 Å². The van der Waals surface area contributed by atoms with Crippen LogP contribution in [0.5, 0.6) is 0 Å². The summed E-state index contributed by atoms with van der Waals surface area (Å²) in [4.78, 5) is 16.5. The van der Waals surface area contributed by atoms with E-state index in [0.717, 1.165) is 30.6 Å². The standard InChI is InChI=1S/C22H31FN4O/c1-5-24-22(26-18(4)19-12-11-16(2)20(23)15-19)25-13-6-7-14-27-17(3)9-8-10-21(27)28/h8-12,15,18H,5-7,13-14H2,1-4H3,(H2,24,25,26). The van der Waals surface area contributed by atoms with Crippen LogP contribution in [-0.2, 0) is 6.54 Å². The molecule has 0 saturated carbocycles. The lowest BCUT2D eigenvalue weighted by Crippen LogP contribution is -2.38. The number of aromatic nitrogens is 1. The summed E-state index contributed by atoms with van der Waals surface area (Å²) in [5, 5.41) is 6.55. The lowest BCUT2D eigenvalue weighted by atomic mass is 10.1. The molecule has 0 aliphatic rings. The topological polar surface area (TPSA) is 58.4 Å². The van der Waals surface area contributed by atoms with Gasteiger partial charge in [-0.05, 0) is 63.8 Å². The van der Waals surface area contributed by atoms with Crippen molar-refractivity contribution in [3.63, 3.8) is 0 Å². The Bertz CT molecular complexity index is 860. The van der Waals surface area contributed by atoms with Gasteiger partial charge in [0.15, 0.2) is 5.96 Å². The Morgan fingerprint density at radius 2 is 2.00 bits per heavy atom. The first kappa shape index (κ1) is 21.7. The predicted octanol–water partition coefficient (Wildman–Crippen LogP) is 3.70. The fourth-order valence-electron chi connectivity index (χ4n) is 2.97. The minimum absolute atomic E-state index is 0.0395. The molecule has 1 aromatic heterocycles. The van der Waals surface area contributed by atoms with Crippen LogP contribution in [0.25, 0.3) is 0 Å². The molecule has 6 heteroatoms. The van der Waals surface area contributed by atoms with Crippen molar-refractivity contribution in [2.24, 2.45) is 4.99 Å². The van der Waals surface area contributed by atoms with Gasteiger partial charge in [-0.3, -0.25) is 9.79 Å². The van der Waals surface area contributed by atoms with E-state index in [1.54, 1.807) is 35.8 Å². The first-order valence-electron chi connectivity index (χ1n) is 9.89. The van der Waals surface area contributed by atoms with Gasteiger partial charge in [0.2, 0.25) is 0 Å². The Kier molecular flexibility index (Phi) is 8.23. The molecule has 0 aliphatic heterocycles. The lowest BCUT2D eigenvalue weighted by molar-refractivity contribution is 0.584. The Hall–Kier alpha value is -2.63. The number of guanidine groups is 1. The molecule has 0 spiro atoms. The summed E-state index contributed by atoms with van der Waals surface area (Å²) in [5.74, 6) is 0.517. The molecule has 1 heterocycles. The molecule has 5 nitrogen and oxygen atoms in total. The number of halogens is 1. The summed E-state index contributed by atoms with van der Waals surface area (Å²) < 4.78 is 15.6. The van der Waals surface area contributed by atoms with E-state index in [1.165, 1.54) is 0 Å². The van der Waals surface area contributed by atoms with Crippen LogP contribution in [-0.4, -0.2) is 23.6 Å². The molecule has 0 amide bonds. The van der Waals surface area contributed by atoms with Crippen LogP contribution >= 0.6 is 0 Å². The third kappa shape index (κ3) is 6.22. The first-order valence-corrected chi connectivity index (χ1v) is 9.89. The average Bonchev–Trinajstić information content (AvgIpc) is 2.65. The molecule has 1 aromatic carbocycles. The van der Waals surface area contributed by atoms with E-state index in [-0.39, 0.29) is 17.4 Å². The van der Waals surface area contributed by atoms with Gasteiger partial charge in [0, 0.05) is 31.4 Å². The maximum absolute atomic E-state index is 13.8. The van der Waals surface area contributed by atoms with Gasteiger partial charge in [0.05, 0.1) is 6.04 Å². The van der Waals surface area contributed by atoms with E-state index in [4.69, 9.17) is 0 Å². The lowest BCUT2D eigenvalue weighted by Gasteiger charge is -2.18. The quantitative estimate of drug-likeness (QED) is 0.413. The summed E-state index contributed by atoms with van der Waals surface area (Å²) in [6, 6.07) is 10.6. The minimum atomic E-state index is -0.195. The van der Waals surface area contributed by atoms with Crippen LogP contribution in [0, 0.1) is 19.7 Å². The van der Waals surface area contributed by atoms with Crippen molar-refractivity contribution in [1.29, 1.82) is 0 Å². The summed E-state index contributed by atoms with van der Waals surface area (Å²) in [5.41, 5.74) is 2.54. The van der Waals surface area contributed by atoms with Crippen LogP contribution < -0.4 is 16.2 Å². The molecule has 0 aliphatic carbocycles. The summed E-state index contributed by atoms with van der Waals surface area (Å²) >= 11 is 0. The molecule has 2 aromatic rings. The summed E-state index contributed by atoms with van der Waals surface area (Å²) in [6.45, 7) is 9.81. The average molecular weight is 387 g/mol. The molecule has 1 atom stereocenters. The third-order valence-corrected chi connectivity index (χ3v) is 4.72. The predicted molar refractivity (Wildman–Crippen MR) is 113 cm³/mol. The second-order valence-electron chi connectivity index (χ2n) is 7.00. The molecule has 0 radical (unpaired) electrons. The molecule has 2 rings (SSSR count). The van der Waals surface area contributed by atoms with Gasteiger partial charge in [0.1, 0.15) is 5.82 Å². The SMILES string of the molecule is CCNC(=NCCCCn1c(C)cccc1=O)NC(C)c1ccc(C)c(F)c1. The third-order valence-electron chi connectivity index (χ3n) is 4.72. The maximum atomic E-state index is 13.8. The van der Waals surface area contributed by atoms with Gasteiger partial charge in [-0.2, -0.15) is 0 Å². The van der Waals surface area contributed by atoms with Crippen LogP contribution in [0.3, 0.4) is 0 Å². The highest BCUT2D eigenvalue weighted by Crippen LogP contribution is 2.16. The maximum Gasteiger partial charge on any atom is 0.250 e. The number of pyridine rings is 1. The van der Waals surface area contributed by atoms with Gasteiger partial charge in [0.25, 0.3) is 5.56 Å². The molecule has 28 heavy (non-hydrogen) atoms. The van der Waals surface area contributed by atoms with Crippen LogP contribution in [0.2, 0.25) is 0 Å². The number of nitrogens with one attached hydrogen (secondary N) is 2. The van der Waals surface area contributed by atoms with Crippen molar-refractivity contribution in [2.75, 3.05) is 13.1 Å². The number of hydrogen-bond donors (Lipinski definition) is 2. The second-order valence-corrected chi connectivity index (χ2v) is 7.00. The molecule has 2 N–H and O–H groups in total. The molecular formula is C22H31FN4O. The zero-order valence-corrected chi connectivity index (χ0v) is 17.3. The summed E-state index contributed by atoms with van der Waals surface area (Å²) in [6.07, 6.45) is 1.76. The highest BCUT2D eigenvalue weighted by atomic mass is 19.1. The smallest absolute Gasteiger partial charge is 0.250 e. The molecule has 0 fully saturated rings. The van der Waals surface area contributed by atoms with Gasteiger partial charge in [-0.25, -0.2) is 4.39 Å². The van der Waals surface area contributed by atoms with E-state index in [1.807, 2.05) is 32.9 Å². The van der Waals surface area contributed by atoms with Crippen LogP contribution in [0.15, 0.2) is 46.2 Å². The zero-order valence-electron chi connectivity index (χ0n) is 17.3. The Morgan fingerprint density at radius 1 is 1.21 bits per heavy atom. The highest BCUT2D eigenvalue weighted by Gasteiger charge is 2.09. The van der Waals surface area contributed by atoms with Crippen LogP contribution in [0.1, 0.15) is 49.6 Å². The largest absolute Gasteiger partial charge is 0.357 e. The van der Waals surface area contributed by atoms with Gasteiger partial charge in [-0.15, -0.1) is 0 Å². The molecule has 152 valence electrons. The molecular weight excluding hydrogens is 355 g/mol. The van der Waals surface area contributed by atoms with Crippen molar-refractivity contribution in [1.82, 2.24) is 15.2 Å². The summed E-state index contributed by atoms with van der Waals surface area (Å²) in [7, 11) is 0. The number of aryl methyl sites for hydroxylation is 2. The number of aliphatic imine (C=N–C) groups is 1. The number of hydrogen-bond acceptors (Lipinski definition) is 2. The van der Waals surface area contributed by atoms with E-state index >= 15 is 0 Å². The van der Waals surface area contributed by atoms with Crippen molar-refractivity contribution in [3.8, 4) is 0 Å². The second kappa shape index (κ2) is 10.6. The van der Waals surface area contributed by atoms with E-state index in [2.05, 4.69) is 15.6 Å². The van der Waals surface area contributed by atoms with Crippen molar-refractivity contribution < 1.29 is 4.39 Å². The number of unbranched alkanes of at least 4 members (excludes halogenated alkanes) is 1. The number of nitrogens with zero attached hydrogens (tertiary/aromatic N) is 2. The Morgan fingerprint density at radius 3 is 2.68 bits per heavy atom. The number of benzene rings is 1. The van der Waals surface area contributed by atoms with E-state index in [9.17, 15) is 9.18 Å². The van der Waals surface area contributed by atoms with Crippen molar-refractivity contribution in [3.05, 3.63) is 69.4 Å². The van der Waals surface area contributed by atoms with Gasteiger partial charge < -0.3 is 15.2 Å². The first-order chi connectivity index (χ1) is 13.4. The zero-order chi connectivity index (χ0) is 20.5. The Balaban J connectivity index is 1.89. The van der Waals surface area contributed by atoms with Crippen molar-refractivity contribution >= 4 is 5.96 Å². The molecule has 0 bridgehead atoms. The molecule has 1 unspecified atom stereocenters. The highest BCUT2D eigenvalue weighted by molar-refractivity contribution is 5.80. The fourth-order valence-corrected chi connectivity index (χ4v) is 2.97. The van der Waals surface area contributed by atoms with Crippen molar-refractivity contribution in [2.45, 2.75) is 53.1 Å². The van der Waals surface area contributed by atoms with Gasteiger partial charge >= 0.3 is 0 Å². The number of rotatable bonds is 8. The Labute approximate surface area is 166 Å².